The Morgan fingerprint density at radius 2 is 2.29 bits per heavy atom. The summed E-state index contributed by atoms with van der Waals surface area (Å²) in [5.74, 6) is 5.47. The smallest absolute Gasteiger partial charge is 0.320 e. The largest absolute Gasteiger partial charge is 0.328 e. The second-order valence-corrected chi connectivity index (χ2v) is 4.54. The first-order valence-corrected chi connectivity index (χ1v) is 6.47. The number of carbonyl (C=O) groups excluding carboxylic acids is 2. The van der Waals surface area contributed by atoms with Crippen LogP contribution in [0.25, 0.3) is 5.52 Å². The first kappa shape index (κ1) is 13.1. The number of fused-ring (bicyclic) bond motifs is 1. The summed E-state index contributed by atoms with van der Waals surface area (Å²) in [7, 11) is 0. The van der Waals surface area contributed by atoms with Crippen LogP contribution < -0.4 is 16.0 Å². The fourth-order valence-corrected chi connectivity index (χ4v) is 2.20. The first-order valence-electron chi connectivity index (χ1n) is 6.47. The minimum atomic E-state index is -0.431. The molecule has 7 heteroatoms. The monoisotopic (exact) mass is 283 g/mol. The maximum absolute atomic E-state index is 11.9. The third kappa shape index (κ3) is 2.44. The molecular formula is C14H13N5O2. The third-order valence-corrected chi connectivity index (χ3v) is 3.18. The van der Waals surface area contributed by atoms with Crippen LogP contribution in [-0.4, -0.2) is 34.6 Å². The summed E-state index contributed by atoms with van der Waals surface area (Å²) in [6.07, 6.45) is 3.65. The number of nitrogens with one attached hydrogen (secondary N) is 1. The fraction of sp³-hybridized carbons (Fsp3) is 0.214. The molecule has 3 N–H and O–H groups in total. The predicted molar refractivity (Wildman–Crippen MR) is 76.6 cm³/mol. The van der Waals surface area contributed by atoms with E-state index in [4.69, 9.17) is 5.73 Å². The van der Waals surface area contributed by atoms with E-state index in [0.29, 0.717) is 12.2 Å². The summed E-state index contributed by atoms with van der Waals surface area (Å²) in [4.78, 5) is 24.6. The number of anilines is 1. The minimum Gasteiger partial charge on any atom is -0.320 e. The molecule has 1 fully saturated rings. The van der Waals surface area contributed by atoms with Crippen LogP contribution in [0.4, 0.5) is 10.5 Å². The van der Waals surface area contributed by atoms with E-state index in [1.165, 1.54) is 4.90 Å². The molecule has 0 saturated carbocycles. The lowest BCUT2D eigenvalue weighted by Gasteiger charge is -2.25. The van der Waals surface area contributed by atoms with Gasteiger partial charge in [0.15, 0.2) is 0 Å². The molecule has 0 aromatic carbocycles. The molecule has 2 aromatic rings. The SMILES string of the molecule is NCC#Cc1ccn2ncc(N3CCC(=O)NC3=O)c2c1. The van der Waals surface area contributed by atoms with Crippen LogP contribution in [0.1, 0.15) is 12.0 Å². The molecule has 3 heterocycles. The lowest BCUT2D eigenvalue weighted by molar-refractivity contribution is -0.120. The molecule has 0 bridgehead atoms. The highest BCUT2D eigenvalue weighted by Crippen LogP contribution is 2.23. The number of pyridine rings is 1. The van der Waals surface area contributed by atoms with Gasteiger partial charge in [0.05, 0.1) is 23.9 Å². The molecule has 3 rings (SSSR count). The van der Waals surface area contributed by atoms with Crippen molar-refractivity contribution in [2.75, 3.05) is 18.0 Å². The van der Waals surface area contributed by atoms with Gasteiger partial charge < -0.3 is 5.73 Å². The minimum absolute atomic E-state index is 0.262. The summed E-state index contributed by atoms with van der Waals surface area (Å²) in [5.41, 5.74) is 7.56. The standard InChI is InChI=1S/C14H13N5O2/c15-5-1-2-10-3-7-19-11(8-10)12(9-16-19)18-6-4-13(20)17-14(18)21/h3,7-9H,4-6,15H2,(H,17,20,21). The lowest BCUT2D eigenvalue weighted by Crippen LogP contribution is -2.49. The number of amides is 3. The molecule has 1 aliphatic rings. The van der Waals surface area contributed by atoms with Crippen LogP contribution in [0.15, 0.2) is 24.5 Å². The van der Waals surface area contributed by atoms with E-state index in [-0.39, 0.29) is 18.9 Å². The Balaban J connectivity index is 2.02. The van der Waals surface area contributed by atoms with E-state index in [0.717, 1.165) is 11.1 Å². The number of rotatable bonds is 1. The van der Waals surface area contributed by atoms with Gasteiger partial charge in [-0.05, 0) is 12.1 Å². The van der Waals surface area contributed by atoms with Crippen LogP contribution in [0, 0.1) is 11.8 Å². The molecule has 0 spiro atoms. The highest BCUT2D eigenvalue weighted by Gasteiger charge is 2.26. The van der Waals surface area contributed by atoms with E-state index in [1.807, 2.05) is 12.1 Å². The molecule has 0 radical (unpaired) electrons. The van der Waals surface area contributed by atoms with Gasteiger partial charge in [0.1, 0.15) is 0 Å². The molecule has 3 amide bonds. The predicted octanol–water partition coefficient (Wildman–Crippen LogP) is 0.0908. The van der Waals surface area contributed by atoms with Crippen molar-refractivity contribution in [1.29, 1.82) is 0 Å². The molecule has 1 aliphatic heterocycles. The van der Waals surface area contributed by atoms with Crippen molar-refractivity contribution in [1.82, 2.24) is 14.9 Å². The highest BCUT2D eigenvalue weighted by atomic mass is 16.2. The normalized spacial score (nSPS) is 14.8. The molecule has 0 unspecified atom stereocenters. The average molecular weight is 283 g/mol. The van der Waals surface area contributed by atoms with Gasteiger partial charge in [0.25, 0.3) is 0 Å². The van der Waals surface area contributed by atoms with Gasteiger partial charge in [0.2, 0.25) is 5.91 Å². The van der Waals surface area contributed by atoms with Gasteiger partial charge in [-0.2, -0.15) is 5.10 Å². The van der Waals surface area contributed by atoms with E-state index >= 15 is 0 Å². The molecule has 0 aliphatic carbocycles. The summed E-state index contributed by atoms with van der Waals surface area (Å²) >= 11 is 0. The number of carbonyl (C=O) groups is 2. The van der Waals surface area contributed by atoms with Crippen molar-refractivity contribution in [3.63, 3.8) is 0 Å². The number of hydrogen-bond acceptors (Lipinski definition) is 4. The molecule has 2 aromatic heterocycles. The third-order valence-electron chi connectivity index (χ3n) is 3.18. The van der Waals surface area contributed by atoms with Crippen LogP contribution in [0.5, 0.6) is 0 Å². The zero-order valence-electron chi connectivity index (χ0n) is 11.2. The van der Waals surface area contributed by atoms with E-state index < -0.39 is 6.03 Å². The number of nitrogens with two attached hydrogens (primary N) is 1. The summed E-state index contributed by atoms with van der Waals surface area (Å²) in [5, 5.41) is 6.50. The van der Waals surface area contributed by atoms with Crippen molar-refractivity contribution in [2.24, 2.45) is 5.73 Å². The van der Waals surface area contributed by atoms with Gasteiger partial charge in [-0.3, -0.25) is 15.0 Å². The highest BCUT2D eigenvalue weighted by molar-refractivity contribution is 6.07. The average Bonchev–Trinajstić information content (AvgIpc) is 2.88. The summed E-state index contributed by atoms with van der Waals surface area (Å²) in [6, 6.07) is 3.24. The number of hydrogen-bond donors (Lipinski definition) is 2. The Hall–Kier alpha value is -2.85. The Kier molecular flexibility index (Phi) is 3.30. The van der Waals surface area contributed by atoms with Crippen molar-refractivity contribution >= 4 is 23.1 Å². The number of aromatic nitrogens is 2. The Bertz CT molecular complexity index is 783. The Labute approximate surface area is 120 Å². The van der Waals surface area contributed by atoms with Gasteiger partial charge in [-0.25, -0.2) is 9.31 Å². The Morgan fingerprint density at radius 3 is 3.05 bits per heavy atom. The van der Waals surface area contributed by atoms with Crippen LogP contribution in [-0.2, 0) is 4.79 Å². The maximum Gasteiger partial charge on any atom is 0.328 e. The first-order chi connectivity index (χ1) is 10.2. The second-order valence-electron chi connectivity index (χ2n) is 4.54. The maximum atomic E-state index is 11.9. The summed E-state index contributed by atoms with van der Waals surface area (Å²) < 4.78 is 1.66. The second kappa shape index (κ2) is 5.26. The lowest BCUT2D eigenvalue weighted by atomic mass is 10.2. The van der Waals surface area contributed by atoms with Crippen LogP contribution in [0.3, 0.4) is 0 Å². The van der Waals surface area contributed by atoms with E-state index in [1.54, 1.807) is 16.9 Å². The molecule has 106 valence electrons. The fourth-order valence-electron chi connectivity index (χ4n) is 2.20. The van der Waals surface area contributed by atoms with E-state index in [9.17, 15) is 9.59 Å². The molecule has 0 atom stereocenters. The van der Waals surface area contributed by atoms with Crippen LogP contribution >= 0.6 is 0 Å². The van der Waals surface area contributed by atoms with Gasteiger partial charge >= 0.3 is 6.03 Å². The van der Waals surface area contributed by atoms with E-state index in [2.05, 4.69) is 22.3 Å². The van der Waals surface area contributed by atoms with Crippen molar-refractivity contribution < 1.29 is 9.59 Å². The molecule has 21 heavy (non-hydrogen) atoms. The molecule has 7 nitrogen and oxygen atoms in total. The molecule has 1 saturated heterocycles. The molecular weight excluding hydrogens is 270 g/mol. The van der Waals surface area contributed by atoms with Crippen molar-refractivity contribution in [3.05, 3.63) is 30.1 Å². The van der Waals surface area contributed by atoms with Crippen molar-refractivity contribution in [2.45, 2.75) is 6.42 Å². The van der Waals surface area contributed by atoms with Crippen molar-refractivity contribution in [3.8, 4) is 11.8 Å². The number of imide groups is 1. The van der Waals surface area contributed by atoms with Gasteiger partial charge in [-0.15, -0.1) is 0 Å². The number of urea groups is 1. The quantitative estimate of drug-likeness (QED) is 0.725. The Morgan fingerprint density at radius 1 is 1.43 bits per heavy atom. The zero-order chi connectivity index (χ0) is 14.8. The zero-order valence-corrected chi connectivity index (χ0v) is 11.2. The van der Waals surface area contributed by atoms with Gasteiger partial charge in [0, 0.05) is 24.7 Å². The topological polar surface area (TPSA) is 92.7 Å². The van der Waals surface area contributed by atoms with Gasteiger partial charge in [-0.1, -0.05) is 11.8 Å². The number of nitrogens with zero attached hydrogens (tertiary/aromatic N) is 3. The van der Waals surface area contributed by atoms with Crippen LogP contribution in [0.2, 0.25) is 0 Å². The summed E-state index contributed by atoms with van der Waals surface area (Å²) in [6.45, 7) is 0.624.